The molecule has 134 valence electrons. The maximum absolute atomic E-state index is 12.2. The molecule has 8 heteroatoms. The standard InChI is InChI=1S/C17H20ClN3O4/c18-11-3-1-10(2-4-11)15-7-21-6-12(5-13(21)8-24-15)19-16(22)14-9-25-17(23)20-14/h1-4,12-15H,5-9H2,(H,19,22)(H,20,23)/t12-,13+,14+,15-/m1/s1. The number of ether oxygens (including phenoxy) is 2. The van der Waals surface area contributed by atoms with Gasteiger partial charge in [0.1, 0.15) is 12.6 Å². The van der Waals surface area contributed by atoms with Crippen molar-refractivity contribution in [1.82, 2.24) is 15.5 Å². The molecule has 3 saturated heterocycles. The Labute approximate surface area is 150 Å². The van der Waals surface area contributed by atoms with E-state index < -0.39 is 12.1 Å². The minimum Gasteiger partial charge on any atom is -0.447 e. The molecule has 0 bridgehead atoms. The van der Waals surface area contributed by atoms with Crippen LogP contribution in [0, 0.1) is 0 Å². The fourth-order valence-corrected chi connectivity index (χ4v) is 3.81. The van der Waals surface area contributed by atoms with Crippen molar-refractivity contribution < 1.29 is 19.1 Å². The minimum absolute atomic E-state index is 0.0190. The number of benzene rings is 1. The lowest BCUT2D eigenvalue weighted by Gasteiger charge is -2.35. The van der Waals surface area contributed by atoms with Crippen molar-refractivity contribution in [2.75, 3.05) is 26.3 Å². The van der Waals surface area contributed by atoms with Crippen LogP contribution in [0.3, 0.4) is 0 Å². The maximum atomic E-state index is 12.2. The Kier molecular flexibility index (Phi) is 4.54. The first-order valence-electron chi connectivity index (χ1n) is 8.43. The number of fused-ring (bicyclic) bond motifs is 1. The molecule has 3 aliphatic rings. The zero-order chi connectivity index (χ0) is 17.4. The van der Waals surface area contributed by atoms with E-state index in [-0.39, 0.29) is 24.7 Å². The van der Waals surface area contributed by atoms with Gasteiger partial charge in [0.25, 0.3) is 0 Å². The van der Waals surface area contributed by atoms with Crippen molar-refractivity contribution in [3.8, 4) is 0 Å². The highest BCUT2D eigenvalue weighted by Crippen LogP contribution is 2.30. The van der Waals surface area contributed by atoms with E-state index in [1.165, 1.54) is 0 Å². The molecule has 3 aliphatic heterocycles. The molecule has 3 heterocycles. The van der Waals surface area contributed by atoms with E-state index in [0.717, 1.165) is 25.1 Å². The van der Waals surface area contributed by atoms with E-state index in [1.807, 2.05) is 24.3 Å². The van der Waals surface area contributed by atoms with Crippen LogP contribution in [-0.4, -0.2) is 61.3 Å². The number of rotatable bonds is 3. The van der Waals surface area contributed by atoms with Gasteiger partial charge in [0.2, 0.25) is 5.91 Å². The first-order chi connectivity index (χ1) is 12.1. The summed E-state index contributed by atoms with van der Waals surface area (Å²) in [6.45, 7) is 2.31. The monoisotopic (exact) mass is 365 g/mol. The lowest BCUT2D eigenvalue weighted by molar-refractivity contribution is -0.123. The normalized spacial score (nSPS) is 32.0. The van der Waals surface area contributed by atoms with Gasteiger partial charge in [-0.25, -0.2) is 4.79 Å². The van der Waals surface area contributed by atoms with Gasteiger partial charge in [-0.15, -0.1) is 0 Å². The third-order valence-corrected chi connectivity index (χ3v) is 5.25. The molecule has 1 aromatic carbocycles. The number of carbonyl (C=O) groups is 2. The molecular formula is C17H20ClN3O4. The Morgan fingerprint density at radius 2 is 2.04 bits per heavy atom. The Balaban J connectivity index is 1.33. The lowest BCUT2D eigenvalue weighted by atomic mass is 10.1. The molecular weight excluding hydrogens is 346 g/mol. The molecule has 0 radical (unpaired) electrons. The Hall–Kier alpha value is -1.83. The summed E-state index contributed by atoms with van der Waals surface area (Å²) in [5.41, 5.74) is 1.11. The smallest absolute Gasteiger partial charge is 0.407 e. The summed E-state index contributed by atoms with van der Waals surface area (Å²) in [6, 6.07) is 7.50. The topological polar surface area (TPSA) is 79.9 Å². The second kappa shape index (κ2) is 6.82. The largest absolute Gasteiger partial charge is 0.447 e. The van der Waals surface area contributed by atoms with Crippen molar-refractivity contribution in [2.45, 2.75) is 30.7 Å². The van der Waals surface area contributed by atoms with Gasteiger partial charge in [-0.3, -0.25) is 9.69 Å². The van der Waals surface area contributed by atoms with Gasteiger partial charge >= 0.3 is 6.09 Å². The predicted octanol–water partition coefficient (Wildman–Crippen LogP) is 1.08. The van der Waals surface area contributed by atoms with E-state index in [2.05, 4.69) is 15.5 Å². The molecule has 4 atom stereocenters. The highest BCUT2D eigenvalue weighted by Gasteiger charge is 2.39. The number of amides is 2. The first kappa shape index (κ1) is 16.6. The zero-order valence-electron chi connectivity index (χ0n) is 13.6. The van der Waals surface area contributed by atoms with Crippen LogP contribution in [0.25, 0.3) is 0 Å². The number of halogens is 1. The van der Waals surface area contributed by atoms with Crippen LogP contribution in [0.15, 0.2) is 24.3 Å². The molecule has 0 spiro atoms. The van der Waals surface area contributed by atoms with E-state index in [4.69, 9.17) is 21.1 Å². The van der Waals surface area contributed by atoms with Crippen molar-refractivity contribution in [3.63, 3.8) is 0 Å². The van der Waals surface area contributed by atoms with Gasteiger partial charge in [0.15, 0.2) is 0 Å². The molecule has 4 rings (SSSR count). The molecule has 2 N–H and O–H groups in total. The SMILES string of the molecule is O=C1N[C@H](C(=O)N[C@@H]2C[C@H]3CO[C@@H](c4ccc(Cl)cc4)CN3C2)CO1. The quantitative estimate of drug-likeness (QED) is 0.838. The van der Waals surface area contributed by atoms with Crippen LogP contribution in [0.1, 0.15) is 18.1 Å². The zero-order valence-corrected chi connectivity index (χ0v) is 14.4. The first-order valence-corrected chi connectivity index (χ1v) is 8.81. The van der Waals surface area contributed by atoms with Crippen LogP contribution in [0.4, 0.5) is 4.79 Å². The summed E-state index contributed by atoms with van der Waals surface area (Å²) >= 11 is 5.94. The van der Waals surface area contributed by atoms with Crippen molar-refractivity contribution in [2.24, 2.45) is 0 Å². The fraction of sp³-hybridized carbons (Fsp3) is 0.529. The number of cyclic esters (lactones) is 1. The van der Waals surface area contributed by atoms with Crippen molar-refractivity contribution in [3.05, 3.63) is 34.9 Å². The van der Waals surface area contributed by atoms with Crippen molar-refractivity contribution in [1.29, 1.82) is 0 Å². The summed E-state index contributed by atoms with van der Waals surface area (Å²) in [5, 5.41) is 6.22. The number of alkyl carbamates (subject to hydrolysis) is 1. The molecule has 7 nitrogen and oxygen atoms in total. The van der Waals surface area contributed by atoms with Gasteiger partial charge in [-0.1, -0.05) is 23.7 Å². The average Bonchev–Trinajstić information content (AvgIpc) is 3.20. The molecule has 0 aromatic heterocycles. The van der Waals surface area contributed by atoms with Crippen LogP contribution >= 0.6 is 11.6 Å². The summed E-state index contributed by atoms with van der Waals surface area (Å²) in [4.78, 5) is 25.6. The van der Waals surface area contributed by atoms with Crippen LogP contribution in [-0.2, 0) is 14.3 Å². The van der Waals surface area contributed by atoms with Gasteiger partial charge in [0.05, 0.1) is 12.7 Å². The van der Waals surface area contributed by atoms with Crippen LogP contribution in [0.5, 0.6) is 0 Å². The van der Waals surface area contributed by atoms with E-state index in [9.17, 15) is 9.59 Å². The number of hydrogen-bond donors (Lipinski definition) is 2. The Morgan fingerprint density at radius 1 is 1.24 bits per heavy atom. The summed E-state index contributed by atoms with van der Waals surface area (Å²) in [5.74, 6) is -0.189. The predicted molar refractivity (Wildman–Crippen MR) is 90.3 cm³/mol. The molecule has 0 aliphatic carbocycles. The number of hydrogen-bond acceptors (Lipinski definition) is 5. The molecule has 0 unspecified atom stereocenters. The van der Waals surface area contributed by atoms with Gasteiger partial charge in [-0.05, 0) is 24.1 Å². The van der Waals surface area contributed by atoms with E-state index in [1.54, 1.807) is 0 Å². The maximum Gasteiger partial charge on any atom is 0.407 e. The molecule has 0 saturated carbocycles. The van der Waals surface area contributed by atoms with E-state index in [0.29, 0.717) is 17.7 Å². The Morgan fingerprint density at radius 3 is 2.76 bits per heavy atom. The number of morpholine rings is 1. The highest BCUT2D eigenvalue weighted by atomic mass is 35.5. The second-order valence-electron chi connectivity index (χ2n) is 6.72. The lowest BCUT2D eigenvalue weighted by Crippen LogP contribution is -2.47. The summed E-state index contributed by atoms with van der Waals surface area (Å²) < 4.78 is 10.8. The van der Waals surface area contributed by atoms with Crippen LogP contribution < -0.4 is 10.6 Å². The third-order valence-electron chi connectivity index (χ3n) is 5.00. The van der Waals surface area contributed by atoms with Gasteiger partial charge < -0.3 is 20.1 Å². The molecule has 2 amide bonds. The molecule has 3 fully saturated rings. The number of nitrogens with zero attached hydrogens (tertiary/aromatic N) is 1. The average molecular weight is 366 g/mol. The van der Waals surface area contributed by atoms with Crippen molar-refractivity contribution >= 4 is 23.6 Å². The van der Waals surface area contributed by atoms with E-state index >= 15 is 0 Å². The second-order valence-corrected chi connectivity index (χ2v) is 7.15. The number of carbonyl (C=O) groups excluding carboxylic acids is 2. The summed E-state index contributed by atoms with van der Waals surface area (Å²) in [6.07, 6.45) is 0.328. The van der Waals surface area contributed by atoms with Crippen LogP contribution in [0.2, 0.25) is 5.02 Å². The third kappa shape index (κ3) is 3.58. The minimum atomic E-state index is -0.594. The fourth-order valence-electron chi connectivity index (χ4n) is 3.69. The van der Waals surface area contributed by atoms with Gasteiger partial charge in [0, 0.05) is 30.2 Å². The summed E-state index contributed by atoms with van der Waals surface area (Å²) in [7, 11) is 0. The Bertz CT molecular complexity index is 668. The molecule has 1 aromatic rings. The van der Waals surface area contributed by atoms with Gasteiger partial charge in [-0.2, -0.15) is 0 Å². The highest BCUT2D eigenvalue weighted by molar-refractivity contribution is 6.30. The molecule has 25 heavy (non-hydrogen) atoms. The number of nitrogens with one attached hydrogen (secondary N) is 2.